The molecule has 2 heterocycles. The van der Waals surface area contributed by atoms with Crippen molar-refractivity contribution in [2.45, 2.75) is 70.2 Å². The molecule has 2 nitrogen and oxygen atoms in total. The number of fused-ring (bicyclic) bond motifs is 1. The fourth-order valence-electron chi connectivity index (χ4n) is 6.39. The molecule has 0 unspecified atom stereocenters. The maximum Gasteiger partial charge on any atom is 0.0534 e. The van der Waals surface area contributed by atoms with Gasteiger partial charge in [0.2, 0.25) is 0 Å². The summed E-state index contributed by atoms with van der Waals surface area (Å²) in [7, 11) is 0. The summed E-state index contributed by atoms with van der Waals surface area (Å²) in [6.45, 7) is 34.3. The minimum atomic E-state index is -0.0748. The van der Waals surface area contributed by atoms with E-state index in [1.165, 1.54) is 60.9 Å². The molecular weight excluding hydrogens is 496 g/mol. The lowest BCUT2D eigenvalue weighted by molar-refractivity contribution is 0.562. The largest absolute Gasteiger partial charge is 0.317 e. The van der Waals surface area contributed by atoms with E-state index in [-0.39, 0.29) is 20.3 Å². The average molecular weight is 547 g/mol. The Bertz CT molecular complexity index is 1780. The first-order valence-corrected chi connectivity index (χ1v) is 13.6. The second-order valence-corrected chi connectivity index (χ2v) is 11.0. The minimum Gasteiger partial charge on any atom is -0.317 e. The molecule has 0 bridgehead atoms. The Hall–Kier alpha value is -4.04. The lowest BCUT2D eigenvalue weighted by atomic mass is 9.81. The van der Waals surface area contributed by atoms with Gasteiger partial charge in [0.15, 0.2) is 0 Å². The van der Waals surface area contributed by atoms with Crippen molar-refractivity contribution < 1.29 is 0 Å². The summed E-state index contributed by atoms with van der Waals surface area (Å²) in [6.07, 6.45) is 12.6. The Morgan fingerprint density at radius 1 is 0.829 bits per heavy atom. The van der Waals surface area contributed by atoms with Crippen LogP contribution in [0.4, 0.5) is 0 Å². The summed E-state index contributed by atoms with van der Waals surface area (Å²) in [6, 6.07) is 8.65. The van der Waals surface area contributed by atoms with Crippen LogP contribution in [-0.2, 0) is 0 Å². The quantitative estimate of drug-likeness (QED) is 0.279. The number of rotatable bonds is 7. The summed E-state index contributed by atoms with van der Waals surface area (Å²) in [4.78, 5) is 0. The summed E-state index contributed by atoms with van der Waals surface area (Å²) < 4.78 is 4.60. The number of para-hydroxylation sites is 1. The Kier molecular flexibility index (Phi) is 9.89. The third kappa shape index (κ3) is 5.01. The molecule has 1 aliphatic carbocycles. The normalized spacial score (nSPS) is 15.8. The molecule has 41 heavy (non-hydrogen) atoms. The second kappa shape index (κ2) is 12.2. The molecule has 2 aromatic heterocycles. The van der Waals surface area contributed by atoms with Crippen LogP contribution in [0.5, 0.6) is 0 Å². The van der Waals surface area contributed by atoms with Crippen molar-refractivity contribution in [2.24, 2.45) is 5.41 Å². The smallest absolute Gasteiger partial charge is 0.0534 e. The highest BCUT2D eigenvalue weighted by Crippen LogP contribution is 2.48. The maximum atomic E-state index is 4.41. The molecule has 0 aliphatic heterocycles. The van der Waals surface area contributed by atoms with Crippen molar-refractivity contribution in [3.8, 4) is 0 Å². The maximum absolute atomic E-state index is 4.41. The minimum absolute atomic E-state index is 0. The first-order chi connectivity index (χ1) is 18.5. The molecule has 0 atom stereocenters. The number of benzene rings is 1. The topological polar surface area (TPSA) is 9.86 Å². The van der Waals surface area contributed by atoms with Crippen molar-refractivity contribution in [3.63, 3.8) is 0 Å². The van der Waals surface area contributed by atoms with E-state index in [9.17, 15) is 0 Å². The Balaban J connectivity index is 0.00000294. The predicted molar refractivity (Wildman–Crippen MR) is 188 cm³/mol. The van der Waals surface area contributed by atoms with Gasteiger partial charge < -0.3 is 9.13 Å². The highest BCUT2D eigenvalue weighted by atomic mass is 15.0. The first kappa shape index (κ1) is 33.2. The third-order valence-corrected chi connectivity index (χ3v) is 8.67. The third-order valence-electron chi connectivity index (χ3n) is 8.67. The molecule has 216 valence electrons. The number of hydrogen-bond donors (Lipinski definition) is 0. The lowest BCUT2D eigenvalue weighted by Gasteiger charge is -2.23. The standard InChI is InChI=1S/C37H42N2.2CH4/c1-13-29-25(7)35(16-4)38(27(29)9)24(6)22-33-28(10)39(36-20-18-17-19-31(33)36)23(5)21-32-26(8)37(11,12)34(15-3)30(32)14-2;;/h13-22H,2-4,9H2,1,5-8,10-12H3;2*1H4/b23-21+,24-22+,29-13-;;. The highest BCUT2D eigenvalue weighted by molar-refractivity contribution is 5.96. The molecule has 1 aromatic carbocycles. The number of allylic oxidation sites excluding steroid dienone is 9. The second-order valence-electron chi connectivity index (χ2n) is 11.0. The van der Waals surface area contributed by atoms with Gasteiger partial charge in [0.1, 0.15) is 0 Å². The fraction of sp³-hybridized carbons (Fsp3) is 0.282. The predicted octanol–water partition coefficient (Wildman–Crippen LogP) is 10.1. The van der Waals surface area contributed by atoms with Crippen molar-refractivity contribution in [2.75, 3.05) is 0 Å². The van der Waals surface area contributed by atoms with Crippen molar-refractivity contribution in [1.82, 2.24) is 9.13 Å². The van der Waals surface area contributed by atoms with Gasteiger partial charge >= 0.3 is 0 Å². The van der Waals surface area contributed by atoms with Crippen molar-refractivity contribution in [1.29, 1.82) is 0 Å². The van der Waals surface area contributed by atoms with Crippen LogP contribution in [0.3, 0.4) is 0 Å². The summed E-state index contributed by atoms with van der Waals surface area (Å²) in [5.41, 5.74) is 13.1. The van der Waals surface area contributed by atoms with E-state index in [4.69, 9.17) is 0 Å². The molecule has 2 heteroatoms. The van der Waals surface area contributed by atoms with Crippen LogP contribution in [0.15, 0.2) is 84.5 Å². The molecule has 0 saturated heterocycles. The van der Waals surface area contributed by atoms with Crippen molar-refractivity contribution in [3.05, 3.63) is 118 Å². The van der Waals surface area contributed by atoms with Crippen LogP contribution >= 0.6 is 0 Å². The molecule has 0 N–H and O–H groups in total. The van der Waals surface area contributed by atoms with Gasteiger partial charge in [0, 0.05) is 44.5 Å². The van der Waals surface area contributed by atoms with E-state index in [0.717, 1.165) is 16.7 Å². The van der Waals surface area contributed by atoms with Gasteiger partial charge in [-0.25, -0.2) is 0 Å². The molecule has 0 fully saturated rings. The van der Waals surface area contributed by atoms with Crippen LogP contribution in [0, 0.1) is 19.3 Å². The molecule has 0 saturated carbocycles. The molecule has 0 spiro atoms. The first-order valence-electron chi connectivity index (χ1n) is 13.6. The van der Waals surface area contributed by atoms with Crippen molar-refractivity contribution >= 4 is 47.1 Å². The SMILES string of the molecule is C.C.C=CC1=C(C=C)C(C)(C)C(C)=C1/C=C(\C)n1c(C)c(/C=C(\C)n2c(C=C)c(C)/c(=C/C)c2=C)c2ccccc21. The van der Waals surface area contributed by atoms with E-state index in [0.29, 0.717) is 0 Å². The van der Waals surface area contributed by atoms with Gasteiger partial charge in [-0.3, -0.25) is 0 Å². The van der Waals surface area contributed by atoms with E-state index < -0.39 is 0 Å². The average Bonchev–Trinajstić information content (AvgIpc) is 3.40. The highest BCUT2D eigenvalue weighted by Gasteiger charge is 2.34. The monoisotopic (exact) mass is 546 g/mol. The number of hydrogen-bond acceptors (Lipinski definition) is 0. The zero-order valence-electron chi connectivity index (χ0n) is 25.0. The Labute approximate surface area is 249 Å². The van der Waals surface area contributed by atoms with E-state index in [1.807, 2.05) is 18.2 Å². The van der Waals surface area contributed by atoms with Gasteiger partial charge in [-0.1, -0.05) is 97.0 Å². The summed E-state index contributed by atoms with van der Waals surface area (Å²) in [5.74, 6) is 0. The zero-order chi connectivity index (χ0) is 28.8. The Morgan fingerprint density at radius 3 is 2.00 bits per heavy atom. The van der Waals surface area contributed by atoms with Gasteiger partial charge in [0.05, 0.1) is 5.52 Å². The summed E-state index contributed by atoms with van der Waals surface area (Å²) in [5, 5.41) is 3.38. The van der Waals surface area contributed by atoms with Crippen LogP contribution in [0.25, 0.3) is 47.1 Å². The van der Waals surface area contributed by atoms with E-state index in [2.05, 4.69) is 133 Å². The number of aromatic nitrogens is 2. The molecule has 1 aliphatic rings. The Morgan fingerprint density at radius 2 is 1.44 bits per heavy atom. The van der Waals surface area contributed by atoms with Gasteiger partial charge in [0.25, 0.3) is 0 Å². The van der Waals surface area contributed by atoms with Gasteiger partial charge in [-0.05, 0) is 93.3 Å². The van der Waals surface area contributed by atoms with Crippen LogP contribution in [0.2, 0.25) is 0 Å². The summed E-state index contributed by atoms with van der Waals surface area (Å²) >= 11 is 0. The molecule has 0 amide bonds. The van der Waals surface area contributed by atoms with Gasteiger partial charge in [-0.15, -0.1) is 0 Å². The number of nitrogens with zero attached hydrogens (tertiary/aromatic N) is 2. The van der Waals surface area contributed by atoms with E-state index in [1.54, 1.807) is 0 Å². The molecular formula is C39H50N2. The van der Waals surface area contributed by atoms with Crippen LogP contribution < -0.4 is 10.6 Å². The molecule has 3 aromatic rings. The van der Waals surface area contributed by atoms with E-state index >= 15 is 0 Å². The zero-order valence-corrected chi connectivity index (χ0v) is 25.0. The lowest BCUT2D eigenvalue weighted by Crippen LogP contribution is -2.27. The molecule has 4 rings (SSSR count). The van der Waals surface area contributed by atoms with Crippen LogP contribution in [-0.4, -0.2) is 9.13 Å². The molecule has 0 radical (unpaired) electrons. The van der Waals surface area contributed by atoms with Gasteiger partial charge in [-0.2, -0.15) is 0 Å². The fourth-order valence-corrected chi connectivity index (χ4v) is 6.39. The van der Waals surface area contributed by atoms with Crippen LogP contribution in [0.1, 0.15) is 78.9 Å².